The number of amides is 4. The van der Waals surface area contributed by atoms with E-state index in [0.717, 1.165) is 56.9 Å². The number of thioether (sulfide) groups is 1. The summed E-state index contributed by atoms with van der Waals surface area (Å²) in [6, 6.07) is 3.62. The first kappa shape index (κ1) is 46.3. The predicted octanol–water partition coefficient (Wildman–Crippen LogP) is 5.04. The van der Waals surface area contributed by atoms with Gasteiger partial charge in [0, 0.05) is 86.8 Å². The summed E-state index contributed by atoms with van der Waals surface area (Å²) in [6.45, 7) is 11.0. The first-order valence-electron chi connectivity index (χ1n) is 22.2. The molecule has 0 spiro atoms. The molecule has 2 fully saturated rings. The number of hydrazine groups is 1. The molecule has 2 N–H and O–H groups in total. The molecule has 4 amide bonds. The molecule has 0 saturated carbocycles. The van der Waals surface area contributed by atoms with Crippen molar-refractivity contribution >= 4 is 69.3 Å². The number of cyclic esters (lactones) is 1. The molecule has 16 nitrogen and oxygen atoms in total. The van der Waals surface area contributed by atoms with Gasteiger partial charge in [0.05, 0.1) is 42.5 Å². The first-order valence-corrected chi connectivity index (χ1v) is 23.2. The molecule has 342 valence electrons. The Morgan fingerprint density at radius 1 is 1.11 bits per heavy atom. The van der Waals surface area contributed by atoms with E-state index in [2.05, 4.69) is 54.4 Å². The molecule has 6 atom stereocenters. The molecule has 7 rings (SSSR count). The fraction of sp³-hybridized carbons (Fsp3) is 0.630. The second-order valence-electron chi connectivity index (χ2n) is 18.7. The van der Waals surface area contributed by atoms with Gasteiger partial charge in [-0.15, -0.1) is 11.8 Å². The summed E-state index contributed by atoms with van der Waals surface area (Å²) in [7, 11) is 6.71. The lowest BCUT2D eigenvalue weighted by Gasteiger charge is -2.37. The highest BCUT2D eigenvalue weighted by Crippen LogP contribution is 2.42. The van der Waals surface area contributed by atoms with E-state index in [4.69, 9.17) is 24.2 Å². The minimum atomic E-state index is -1.05. The number of allylic oxidation sites excluding steroid dienone is 1. The number of aliphatic imine (C=N–C) groups is 2. The van der Waals surface area contributed by atoms with Crippen molar-refractivity contribution in [3.63, 3.8) is 0 Å². The van der Waals surface area contributed by atoms with Crippen molar-refractivity contribution in [2.75, 3.05) is 53.3 Å². The van der Waals surface area contributed by atoms with Crippen LogP contribution in [0.4, 0.5) is 4.79 Å². The Labute approximate surface area is 374 Å². The number of fused-ring (bicyclic) bond motifs is 5. The number of nitrogens with zero attached hydrogens (tertiary/aromatic N) is 6. The molecule has 1 aromatic carbocycles. The Morgan fingerprint density at radius 2 is 1.89 bits per heavy atom. The van der Waals surface area contributed by atoms with E-state index in [1.807, 2.05) is 27.0 Å². The maximum absolute atomic E-state index is 14.6. The molecule has 63 heavy (non-hydrogen) atoms. The third kappa shape index (κ3) is 9.70. The van der Waals surface area contributed by atoms with E-state index >= 15 is 0 Å². The molecule has 2 aromatic rings. The molecule has 6 bridgehead atoms. The van der Waals surface area contributed by atoms with E-state index in [-0.39, 0.29) is 43.5 Å². The fourth-order valence-electron chi connectivity index (χ4n) is 9.73. The van der Waals surface area contributed by atoms with E-state index in [1.165, 1.54) is 21.9 Å². The van der Waals surface area contributed by atoms with E-state index in [0.29, 0.717) is 44.5 Å². The first-order chi connectivity index (χ1) is 30.0. The number of benzene rings is 1. The number of rotatable bonds is 8. The quantitative estimate of drug-likeness (QED) is 0.342. The average molecular weight is 889 g/mol. The van der Waals surface area contributed by atoms with Crippen molar-refractivity contribution in [1.82, 2.24) is 30.1 Å². The summed E-state index contributed by atoms with van der Waals surface area (Å²) in [5, 5.41) is 6.29. The topological polar surface area (TPSA) is 176 Å². The third-order valence-electron chi connectivity index (χ3n) is 13.1. The Morgan fingerprint density at radius 3 is 2.62 bits per heavy atom. The zero-order valence-corrected chi connectivity index (χ0v) is 39.0. The smallest absolute Gasteiger partial charge is 0.409 e. The van der Waals surface area contributed by atoms with Crippen molar-refractivity contribution < 1.29 is 38.2 Å². The number of carbonyl (C=O) groups is 5. The van der Waals surface area contributed by atoms with Gasteiger partial charge in [-0.2, -0.15) is 0 Å². The SMILES string of the molecule is COC(=O)N1CC[C@H](C(=O)N(C)[C@H](C(=O)N[C@H]2CC3=NC(CS3)c3ccc4c(c3)c(c(C3=C([C@H](C)OC)N=CCC3)n4C)CC(C)(C)COC(=O)[C@@H]3CCCN(N3)C2=O)C(C)C)C1. The number of aromatic nitrogens is 1. The van der Waals surface area contributed by atoms with Crippen LogP contribution in [0.1, 0.15) is 96.0 Å². The largest absolute Gasteiger partial charge is 0.464 e. The highest BCUT2D eigenvalue weighted by Gasteiger charge is 2.41. The molecule has 6 heterocycles. The summed E-state index contributed by atoms with van der Waals surface area (Å²) >= 11 is 1.57. The number of esters is 1. The van der Waals surface area contributed by atoms with Crippen LogP contribution in [0.5, 0.6) is 0 Å². The number of likely N-dealkylation sites (N-methyl/N-ethyl adjacent to an activating group) is 1. The lowest BCUT2D eigenvalue weighted by Crippen LogP contribution is -2.62. The summed E-state index contributed by atoms with van der Waals surface area (Å²) in [5.74, 6) is -1.71. The number of carbonyl (C=O) groups excluding carboxylic acids is 5. The number of likely N-dealkylation sites (tertiary alicyclic amines) is 1. The van der Waals surface area contributed by atoms with Crippen LogP contribution in [0.15, 0.2) is 33.9 Å². The van der Waals surface area contributed by atoms with Gasteiger partial charge in [0.1, 0.15) is 18.1 Å². The second-order valence-corrected chi connectivity index (χ2v) is 19.8. The van der Waals surface area contributed by atoms with E-state index in [9.17, 15) is 24.0 Å². The molecular formula is C46H64N8O8S. The van der Waals surface area contributed by atoms with Crippen LogP contribution in [0.2, 0.25) is 0 Å². The maximum Gasteiger partial charge on any atom is 0.409 e. The number of methoxy groups -OCH3 is 2. The summed E-state index contributed by atoms with van der Waals surface area (Å²) < 4.78 is 19.0. The molecule has 5 aliphatic heterocycles. The molecule has 2 saturated heterocycles. The van der Waals surface area contributed by atoms with Crippen molar-refractivity contribution in [2.24, 2.45) is 34.3 Å². The number of hydrogen-bond acceptors (Lipinski definition) is 12. The standard InChI is InChI=1S/C46H64N8O8S/c1-26(2)39(52(7)42(56)29-16-19-53(23-29)45(59)61-9)41(55)49-34-21-37-48-35(24-63-37)28-14-15-36-31(20-28)32(40(51(36)6)30-12-10-17-47-38(30)27(3)60-8)22-46(4,5)25-62-44(58)33-13-11-18-54(50-33)43(34)57/h14-15,17,20,26-27,29,33-35,39,50H,10-13,16,18-19,21-25H2,1-9H3,(H,49,55)/t27-,29-,33-,34-,35?,39-/m0/s1. The second kappa shape index (κ2) is 19.2. The summed E-state index contributed by atoms with van der Waals surface area (Å²) in [6.07, 6.45) is 5.15. The zero-order chi connectivity index (χ0) is 45.3. The normalized spacial score (nSPS) is 25.1. The van der Waals surface area contributed by atoms with Crippen molar-refractivity contribution in [2.45, 2.75) is 110 Å². The molecule has 1 aromatic heterocycles. The minimum Gasteiger partial charge on any atom is -0.464 e. The molecular weight excluding hydrogens is 825 g/mol. The number of ether oxygens (including phenoxy) is 3. The number of nitrogens with one attached hydrogen (secondary N) is 2. The van der Waals surface area contributed by atoms with Crippen molar-refractivity contribution in [1.29, 1.82) is 0 Å². The third-order valence-corrected chi connectivity index (χ3v) is 14.2. The number of hydrogen-bond donors (Lipinski definition) is 2. The molecule has 1 unspecified atom stereocenters. The Kier molecular flexibility index (Phi) is 14.1. The van der Waals surface area contributed by atoms with Gasteiger partial charge in [0.2, 0.25) is 11.8 Å². The van der Waals surface area contributed by atoms with Crippen LogP contribution in [0, 0.1) is 17.3 Å². The van der Waals surface area contributed by atoms with Gasteiger partial charge in [-0.1, -0.05) is 33.8 Å². The van der Waals surface area contributed by atoms with Gasteiger partial charge < -0.3 is 33.9 Å². The monoisotopic (exact) mass is 888 g/mol. The zero-order valence-electron chi connectivity index (χ0n) is 38.2. The average Bonchev–Trinajstić information content (AvgIpc) is 4.02. The van der Waals surface area contributed by atoms with E-state index in [1.54, 1.807) is 25.9 Å². The van der Waals surface area contributed by atoms with Crippen LogP contribution in [-0.4, -0.2) is 138 Å². The predicted molar refractivity (Wildman–Crippen MR) is 243 cm³/mol. The Bertz CT molecular complexity index is 2220. The molecule has 0 aliphatic carbocycles. The minimum absolute atomic E-state index is 0.129. The van der Waals surface area contributed by atoms with Gasteiger partial charge in [-0.3, -0.25) is 34.2 Å². The van der Waals surface area contributed by atoms with Crippen LogP contribution in [-0.2, 0) is 46.9 Å². The highest BCUT2D eigenvalue weighted by molar-refractivity contribution is 8.14. The lowest BCUT2D eigenvalue weighted by molar-refractivity contribution is -0.155. The van der Waals surface area contributed by atoms with Crippen molar-refractivity contribution in [3.05, 3.63) is 40.7 Å². The highest BCUT2D eigenvalue weighted by atomic mass is 32.2. The van der Waals surface area contributed by atoms with Crippen LogP contribution in [0.25, 0.3) is 16.5 Å². The van der Waals surface area contributed by atoms with Gasteiger partial charge >= 0.3 is 12.1 Å². The van der Waals surface area contributed by atoms with Crippen LogP contribution >= 0.6 is 11.8 Å². The molecule has 17 heteroatoms. The molecule has 5 aliphatic rings. The van der Waals surface area contributed by atoms with Gasteiger partial charge in [0.15, 0.2) is 0 Å². The Balaban J connectivity index is 1.24. The van der Waals surface area contributed by atoms with Gasteiger partial charge in [0.25, 0.3) is 5.91 Å². The van der Waals surface area contributed by atoms with Crippen LogP contribution < -0.4 is 10.7 Å². The maximum atomic E-state index is 14.6. The summed E-state index contributed by atoms with van der Waals surface area (Å²) in [4.78, 5) is 81.8. The van der Waals surface area contributed by atoms with Gasteiger partial charge in [-0.05, 0) is 74.6 Å². The fourth-order valence-corrected chi connectivity index (χ4v) is 10.8. The molecule has 0 radical (unpaired) electrons. The van der Waals surface area contributed by atoms with Gasteiger partial charge in [-0.25, -0.2) is 10.2 Å². The van der Waals surface area contributed by atoms with Crippen molar-refractivity contribution in [3.8, 4) is 0 Å². The van der Waals surface area contributed by atoms with E-state index < -0.39 is 53.3 Å². The lowest BCUT2D eigenvalue weighted by atomic mass is 9.83. The Hall–Kier alpha value is -4.74. The summed E-state index contributed by atoms with van der Waals surface area (Å²) in [5.41, 5.74) is 9.12. The number of aryl methyl sites for hydroxylation is 1. The van der Waals surface area contributed by atoms with Crippen LogP contribution in [0.3, 0.4) is 0 Å².